The third-order valence-corrected chi connectivity index (χ3v) is 4.19. The van der Waals surface area contributed by atoms with Crippen LogP contribution in [0.5, 0.6) is 0 Å². The first-order valence-corrected chi connectivity index (χ1v) is 8.08. The summed E-state index contributed by atoms with van der Waals surface area (Å²) in [6.45, 7) is 0. The Morgan fingerprint density at radius 1 is 1.25 bits per heavy atom. The quantitative estimate of drug-likeness (QED) is 0.800. The smallest absolute Gasteiger partial charge is 0.269 e. The average Bonchev–Trinajstić information content (AvgIpc) is 3.44. The number of rotatable bonds is 6. The van der Waals surface area contributed by atoms with Gasteiger partial charge in [0.2, 0.25) is 0 Å². The molecule has 5 heteroatoms. The minimum atomic E-state index is -0.983. The van der Waals surface area contributed by atoms with Gasteiger partial charge in [-0.2, -0.15) is 0 Å². The molecule has 2 N–H and O–H groups in total. The highest BCUT2D eigenvalue weighted by Gasteiger charge is 2.26. The molecule has 0 spiro atoms. The van der Waals surface area contributed by atoms with Gasteiger partial charge >= 0.3 is 0 Å². The van der Waals surface area contributed by atoms with E-state index in [1.165, 1.54) is 13.1 Å². The molecule has 1 aliphatic rings. The van der Waals surface area contributed by atoms with Crippen molar-refractivity contribution in [2.75, 3.05) is 7.05 Å². The van der Waals surface area contributed by atoms with Gasteiger partial charge in [0.15, 0.2) is 5.78 Å². The van der Waals surface area contributed by atoms with Crippen molar-refractivity contribution in [3.05, 3.63) is 65.0 Å². The van der Waals surface area contributed by atoms with Crippen molar-refractivity contribution in [3.8, 4) is 0 Å². The molecule has 1 unspecified atom stereocenters. The second-order valence-corrected chi connectivity index (χ2v) is 6.13. The zero-order valence-electron chi connectivity index (χ0n) is 13.5. The monoisotopic (exact) mass is 324 g/mol. The maximum atomic E-state index is 12.4. The number of hydrogen-bond donors (Lipinski definition) is 2. The van der Waals surface area contributed by atoms with Gasteiger partial charge in [-0.15, -0.1) is 0 Å². The van der Waals surface area contributed by atoms with E-state index in [-0.39, 0.29) is 17.4 Å². The van der Waals surface area contributed by atoms with Crippen molar-refractivity contribution < 1.29 is 14.7 Å². The molecular formula is C19H20N2O3. The van der Waals surface area contributed by atoms with Gasteiger partial charge in [0, 0.05) is 19.0 Å². The van der Waals surface area contributed by atoms with Gasteiger partial charge in [-0.3, -0.25) is 9.59 Å². The summed E-state index contributed by atoms with van der Waals surface area (Å²) in [6.07, 6.45) is 1.67. The van der Waals surface area contributed by atoms with Crippen molar-refractivity contribution in [3.63, 3.8) is 0 Å². The number of carbonyl (C=O) groups is 2. The van der Waals surface area contributed by atoms with E-state index in [1.807, 2.05) is 18.2 Å². The first kappa shape index (κ1) is 16.3. The fourth-order valence-corrected chi connectivity index (χ4v) is 2.61. The van der Waals surface area contributed by atoms with Crippen LogP contribution in [0.25, 0.3) is 0 Å². The Balaban J connectivity index is 1.97. The zero-order chi connectivity index (χ0) is 17.1. The molecule has 1 aliphatic carbocycles. The first-order chi connectivity index (χ1) is 11.6. The number of benzene rings is 1. The Labute approximate surface area is 140 Å². The highest BCUT2D eigenvalue weighted by atomic mass is 16.3. The molecule has 1 atom stereocenters. The van der Waals surface area contributed by atoms with Crippen LogP contribution >= 0.6 is 0 Å². The lowest BCUT2D eigenvalue weighted by Gasteiger charge is -2.13. The molecule has 1 amide bonds. The maximum absolute atomic E-state index is 12.4. The van der Waals surface area contributed by atoms with Crippen LogP contribution in [0.1, 0.15) is 57.5 Å². The molecular weight excluding hydrogens is 304 g/mol. The first-order valence-electron chi connectivity index (χ1n) is 8.08. The molecule has 0 aliphatic heterocycles. The fourth-order valence-electron chi connectivity index (χ4n) is 2.61. The number of nitrogens with zero attached hydrogens (tertiary/aromatic N) is 1. The summed E-state index contributed by atoms with van der Waals surface area (Å²) >= 11 is 0. The Morgan fingerprint density at radius 2 is 1.96 bits per heavy atom. The highest BCUT2D eigenvalue weighted by Crippen LogP contribution is 2.34. The SMILES string of the molecule is CNC(=O)c1cc(C(=O)CC2CC2)cc(C(O)c2ccccc2)n1. The number of hydrogen-bond acceptors (Lipinski definition) is 4. The summed E-state index contributed by atoms with van der Waals surface area (Å²) in [6, 6.07) is 12.2. The second-order valence-electron chi connectivity index (χ2n) is 6.13. The summed E-state index contributed by atoms with van der Waals surface area (Å²) in [5.74, 6) is 0.0702. The van der Waals surface area contributed by atoms with E-state index in [0.717, 1.165) is 12.8 Å². The van der Waals surface area contributed by atoms with E-state index >= 15 is 0 Å². The molecule has 3 rings (SSSR count). The average molecular weight is 324 g/mol. The van der Waals surface area contributed by atoms with Gasteiger partial charge < -0.3 is 10.4 Å². The lowest BCUT2D eigenvalue weighted by molar-refractivity contribution is 0.0957. The molecule has 124 valence electrons. The van der Waals surface area contributed by atoms with Crippen LogP contribution in [0, 0.1) is 5.92 Å². The minimum absolute atomic E-state index is 0.00781. The number of Topliss-reactive ketones (excluding diaryl/α,β-unsaturated/α-hetero) is 1. The number of aliphatic hydroxyl groups is 1. The zero-order valence-corrected chi connectivity index (χ0v) is 13.5. The van der Waals surface area contributed by atoms with Gasteiger partial charge in [0.05, 0.1) is 5.69 Å². The van der Waals surface area contributed by atoms with Crippen LogP contribution < -0.4 is 5.32 Å². The van der Waals surface area contributed by atoms with E-state index in [2.05, 4.69) is 10.3 Å². The number of nitrogens with one attached hydrogen (secondary N) is 1. The molecule has 2 aromatic rings. The molecule has 1 saturated carbocycles. The normalized spacial score (nSPS) is 14.9. The number of carbonyl (C=O) groups excluding carboxylic acids is 2. The van der Waals surface area contributed by atoms with Crippen LogP contribution in [0.3, 0.4) is 0 Å². The number of ketones is 1. The second kappa shape index (κ2) is 6.93. The van der Waals surface area contributed by atoms with E-state index in [0.29, 0.717) is 29.2 Å². The molecule has 1 aromatic carbocycles. The summed E-state index contributed by atoms with van der Waals surface area (Å²) < 4.78 is 0. The van der Waals surface area contributed by atoms with Gasteiger partial charge in [-0.1, -0.05) is 30.3 Å². The standard InChI is InChI=1S/C19H20N2O3/c1-20-19(24)16-11-14(17(22)9-12-7-8-12)10-15(21-16)18(23)13-5-3-2-4-6-13/h2-6,10-12,18,23H,7-9H2,1H3,(H,20,24). The predicted molar refractivity (Wildman–Crippen MR) is 89.8 cm³/mol. The molecule has 5 nitrogen and oxygen atoms in total. The summed E-state index contributed by atoms with van der Waals surface area (Å²) in [7, 11) is 1.51. The van der Waals surface area contributed by atoms with Crippen LogP contribution in [-0.4, -0.2) is 28.8 Å². The number of pyridine rings is 1. The van der Waals surface area contributed by atoms with Gasteiger partial charge in [0.25, 0.3) is 5.91 Å². The molecule has 1 fully saturated rings. The van der Waals surface area contributed by atoms with Gasteiger partial charge in [-0.25, -0.2) is 4.98 Å². The Hall–Kier alpha value is -2.53. The lowest BCUT2D eigenvalue weighted by Crippen LogP contribution is -2.21. The van der Waals surface area contributed by atoms with E-state index in [1.54, 1.807) is 18.2 Å². The van der Waals surface area contributed by atoms with Crippen LogP contribution in [0.4, 0.5) is 0 Å². The summed E-state index contributed by atoms with van der Waals surface area (Å²) in [5.41, 5.74) is 1.55. The molecule has 1 aromatic heterocycles. The van der Waals surface area contributed by atoms with Crippen molar-refractivity contribution in [1.82, 2.24) is 10.3 Å². The van der Waals surface area contributed by atoms with Crippen LogP contribution in [0.2, 0.25) is 0 Å². The van der Waals surface area contributed by atoms with Gasteiger partial charge in [-0.05, 0) is 36.5 Å². The fraction of sp³-hybridized carbons (Fsp3) is 0.316. The van der Waals surface area contributed by atoms with Crippen molar-refractivity contribution in [2.24, 2.45) is 5.92 Å². The maximum Gasteiger partial charge on any atom is 0.269 e. The van der Waals surface area contributed by atoms with E-state index in [9.17, 15) is 14.7 Å². The van der Waals surface area contributed by atoms with Crippen LogP contribution in [-0.2, 0) is 0 Å². The van der Waals surface area contributed by atoms with Crippen molar-refractivity contribution in [1.29, 1.82) is 0 Å². The Bertz CT molecular complexity index is 754. The molecule has 0 bridgehead atoms. The Kier molecular flexibility index (Phi) is 4.71. The summed E-state index contributed by atoms with van der Waals surface area (Å²) in [4.78, 5) is 28.6. The van der Waals surface area contributed by atoms with Crippen LogP contribution in [0.15, 0.2) is 42.5 Å². The number of aromatic nitrogens is 1. The van der Waals surface area contributed by atoms with E-state index < -0.39 is 6.10 Å². The Morgan fingerprint density at radius 3 is 2.58 bits per heavy atom. The largest absolute Gasteiger partial charge is 0.382 e. The third-order valence-electron chi connectivity index (χ3n) is 4.19. The number of amides is 1. The predicted octanol–water partition coefficient (Wildman–Crippen LogP) is 2.51. The topological polar surface area (TPSA) is 79.3 Å². The van der Waals surface area contributed by atoms with Crippen molar-refractivity contribution in [2.45, 2.75) is 25.4 Å². The highest BCUT2D eigenvalue weighted by molar-refractivity contribution is 6.00. The minimum Gasteiger partial charge on any atom is -0.382 e. The molecule has 24 heavy (non-hydrogen) atoms. The van der Waals surface area contributed by atoms with Crippen molar-refractivity contribution >= 4 is 11.7 Å². The van der Waals surface area contributed by atoms with E-state index in [4.69, 9.17) is 0 Å². The van der Waals surface area contributed by atoms with Gasteiger partial charge in [0.1, 0.15) is 11.8 Å². The third kappa shape index (κ3) is 3.68. The lowest BCUT2D eigenvalue weighted by atomic mass is 10.0. The number of aliphatic hydroxyl groups excluding tert-OH is 1. The molecule has 0 radical (unpaired) electrons. The molecule has 0 saturated heterocycles. The molecule has 1 heterocycles. The summed E-state index contributed by atoms with van der Waals surface area (Å²) in [5, 5.41) is 13.1.